The summed E-state index contributed by atoms with van der Waals surface area (Å²) >= 11 is 0. The summed E-state index contributed by atoms with van der Waals surface area (Å²) in [5.41, 5.74) is 5.06. The Balaban J connectivity index is 1.17. The summed E-state index contributed by atoms with van der Waals surface area (Å²) in [7, 11) is 0. The molecule has 5 rings (SSSR count). The molecule has 30 heavy (non-hydrogen) atoms. The molecule has 0 bridgehead atoms. The van der Waals surface area contributed by atoms with E-state index >= 15 is 0 Å². The lowest BCUT2D eigenvalue weighted by Gasteiger charge is -2.21. The second kappa shape index (κ2) is 8.70. The largest absolute Gasteiger partial charge is 0.378 e. The van der Waals surface area contributed by atoms with Crippen LogP contribution in [0.4, 0.5) is 5.69 Å². The first kappa shape index (κ1) is 18.9. The molecule has 0 saturated carbocycles. The Morgan fingerprint density at radius 3 is 2.63 bits per heavy atom. The molecule has 4 nitrogen and oxygen atoms in total. The first-order valence-electron chi connectivity index (χ1n) is 11.1. The molecule has 0 radical (unpaired) electrons. The number of hydrogen-bond acceptors (Lipinski definition) is 1. The van der Waals surface area contributed by atoms with Crippen molar-refractivity contribution in [2.45, 2.75) is 44.8 Å². The van der Waals surface area contributed by atoms with Gasteiger partial charge in [-0.05, 0) is 48.8 Å². The molecule has 2 N–H and O–H groups in total. The highest BCUT2D eigenvalue weighted by atomic mass is 15.8. The van der Waals surface area contributed by atoms with E-state index in [2.05, 4.69) is 105 Å². The maximum Gasteiger partial charge on any atom is 0.0843 e. The zero-order chi connectivity index (χ0) is 20.2. The van der Waals surface area contributed by atoms with Crippen LogP contribution >= 0.6 is 0 Å². The van der Waals surface area contributed by atoms with Gasteiger partial charge in [-0.3, -0.25) is 0 Å². The van der Waals surface area contributed by atoms with Crippen molar-refractivity contribution >= 4 is 5.69 Å². The van der Waals surface area contributed by atoms with E-state index in [1.54, 1.807) is 0 Å². The molecule has 0 spiro atoms. The summed E-state index contributed by atoms with van der Waals surface area (Å²) in [6.45, 7) is 2.01. The number of allylic oxidation sites excluding steroid dienone is 4. The van der Waals surface area contributed by atoms with Gasteiger partial charge in [0.25, 0.3) is 0 Å². The van der Waals surface area contributed by atoms with Crippen LogP contribution < -0.4 is 5.32 Å². The highest BCUT2D eigenvalue weighted by molar-refractivity contribution is 5.78. The van der Waals surface area contributed by atoms with Gasteiger partial charge in [0.15, 0.2) is 0 Å². The summed E-state index contributed by atoms with van der Waals surface area (Å²) in [5.74, 6) is 0.686. The van der Waals surface area contributed by atoms with Crippen molar-refractivity contribution in [3.05, 3.63) is 90.6 Å². The smallest absolute Gasteiger partial charge is 0.0843 e. The highest BCUT2D eigenvalue weighted by Crippen LogP contribution is 2.29. The molecule has 1 aromatic heterocycles. The molecule has 0 saturated heterocycles. The number of rotatable bonds is 7. The van der Waals surface area contributed by atoms with Gasteiger partial charge in [-0.15, -0.1) is 0 Å². The third kappa shape index (κ3) is 4.54. The fourth-order valence-electron chi connectivity index (χ4n) is 4.37. The van der Waals surface area contributed by atoms with Gasteiger partial charge in [0, 0.05) is 17.3 Å². The molecule has 0 aliphatic heterocycles. The Morgan fingerprint density at radius 1 is 0.967 bits per heavy atom. The summed E-state index contributed by atoms with van der Waals surface area (Å²) in [6, 6.07) is 19.5. The molecule has 4 heteroatoms. The molecular formula is C26H30N4. The average Bonchev–Trinajstić information content (AvgIpc) is 3.53. The molecule has 2 unspecified atom stereocenters. The highest BCUT2D eigenvalue weighted by Gasteiger charge is 2.16. The number of H-pyrrole nitrogens is 1. The van der Waals surface area contributed by atoms with Crippen molar-refractivity contribution in [2.24, 2.45) is 5.92 Å². The number of benzene rings is 2. The molecule has 2 aliphatic carbocycles. The minimum atomic E-state index is 0.323. The monoisotopic (exact) mass is 398 g/mol. The number of aromatic amines is 1. The Labute approximate surface area is 178 Å². The lowest BCUT2D eigenvalue weighted by Crippen LogP contribution is -2.19. The van der Waals surface area contributed by atoms with Crippen molar-refractivity contribution in [1.29, 1.82) is 0 Å². The van der Waals surface area contributed by atoms with Gasteiger partial charge in [0.05, 0.1) is 13.1 Å². The molecule has 3 aromatic rings. The zero-order valence-electron chi connectivity index (χ0n) is 17.4. The Hall–Kier alpha value is -3.14. The number of nitrogens with zero attached hydrogens (tertiary/aromatic N) is 2. The van der Waals surface area contributed by atoms with Crippen molar-refractivity contribution in [1.82, 2.24) is 14.8 Å². The van der Waals surface area contributed by atoms with Crippen LogP contribution in [0.2, 0.25) is 0 Å². The average molecular weight is 399 g/mol. The third-order valence-electron chi connectivity index (χ3n) is 6.11. The third-order valence-corrected chi connectivity index (χ3v) is 6.11. The van der Waals surface area contributed by atoms with E-state index in [4.69, 9.17) is 0 Å². The van der Waals surface area contributed by atoms with Crippen LogP contribution in [0.5, 0.6) is 0 Å². The number of para-hydroxylation sites is 1. The molecule has 2 atom stereocenters. The molecule has 154 valence electrons. The van der Waals surface area contributed by atoms with Gasteiger partial charge in [-0.25, -0.2) is 5.21 Å². The summed E-state index contributed by atoms with van der Waals surface area (Å²) in [6.07, 6.45) is 16.5. The van der Waals surface area contributed by atoms with Crippen molar-refractivity contribution in [3.63, 3.8) is 0 Å². The Kier molecular flexibility index (Phi) is 5.47. The van der Waals surface area contributed by atoms with Gasteiger partial charge in [0.2, 0.25) is 0 Å². The van der Waals surface area contributed by atoms with Crippen LogP contribution in [0.3, 0.4) is 0 Å². The van der Waals surface area contributed by atoms with E-state index in [-0.39, 0.29) is 0 Å². The van der Waals surface area contributed by atoms with Gasteiger partial charge < -0.3 is 5.32 Å². The summed E-state index contributed by atoms with van der Waals surface area (Å²) in [4.78, 5) is 4.46. The minimum absolute atomic E-state index is 0.323. The van der Waals surface area contributed by atoms with Crippen LogP contribution in [0.15, 0.2) is 90.6 Å². The lowest BCUT2D eigenvalue weighted by atomic mass is 9.96. The molecule has 0 amide bonds. The summed E-state index contributed by atoms with van der Waals surface area (Å²) in [5, 5.41) is 7.10. The lowest BCUT2D eigenvalue weighted by molar-refractivity contribution is 0.447. The van der Waals surface area contributed by atoms with Crippen molar-refractivity contribution in [2.75, 3.05) is 5.32 Å². The SMILES string of the molecule is C1=CC(Cn2[nH]n2CC2=CCC(Nc3ccccc3-c3ccccc3)C=C2)CCC1. The zero-order valence-corrected chi connectivity index (χ0v) is 17.4. The molecule has 0 fully saturated rings. The van der Waals surface area contributed by atoms with E-state index < -0.39 is 0 Å². The maximum absolute atomic E-state index is 3.72. The Morgan fingerprint density at radius 2 is 1.83 bits per heavy atom. The molecule has 2 aliphatic rings. The predicted molar refractivity (Wildman–Crippen MR) is 124 cm³/mol. The van der Waals surface area contributed by atoms with Crippen LogP contribution in [-0.4, -0.2) is 20.8 Å². The van der Waals surface area contributed by atoms with E-state index in [1.165, 1.54) is 41.6 Å². The normalized spacial score (nSPS) is 21.0. The predicted octanol–water partition coefficient (Wildman–Crippen LogP) is 6.01. The van der Waals surface area contributed by atoms with Crippen LogP contribution in [0, 0.1) is 5.92 Å². The van der Waals surface area contributed by atoms with Crippen LogP contribution in [0.25, 0.3) is 11.1 Å². The first-order chi connectivity index (χ1) is 14.8. The Bertz CT molecular complexity index is 1040. The minimum Gasteiger partial charge on any atom is -0.378 e. The van der Waals surface area contributed by atoms with E-state index in [1.807, 2.05) is 0 Å². The van der Waals surface area contributed by atoms with Gasteiger partial charge in [0.1, 0.15) is 0 Å². The van der Waals surface area contributed by atoms with Gasteiger partial charge >= 0.3 is 0 Å². The fourth-order valence-corrected chi connectivity index (χ4v) is 4.37. The second-order valence-electron chi connectivity index (χ2n) is 8.40. The number of hydrogen-bond donors (Lipinski definition) is 2. The van der Waals surface area contributed by atoms with Gasteiger partial charge in [-0.1, -0.05) is 78.9 Å². The maximum atomic E-state index is 3.72. The summed E-state index contributed by atoms with van der Waals surface area (Å²) < 4.78 is 0. The quantitative estimate of drug-likeness (QED) is 0.470. The molecule has 2 aromatic carbocycles. The van der Waals surface area contributed by atoms with Crippen molar-refractivity contribution < 1.29 is 0 Å². The van der Waals surface area contributed by atoms with Gasteiger partial charge in [-0.2, -0.15) is 9.59 Å². The number of aromatic nitrogens is 3. The first-order valence-corrected chi connectivity index (χ1v) is 11.1. The van der Waals surface area contributed by atoms with E-state index in [9.17, 15) is 0 Å². The standard InChI is InChI=1S/C26H30N4/c1-3-9-21(10-4-1)19-29-28-30(29)20-22-15-17-24(18-16-22)27-26-14-8-7-13-25(26)23-11-5-2-6-12-23/h2-3,5-9,11-17,21,24,27-28H,1,4,10,18-20H2. The van der Waals surface area contributed by atoms with E-state index in [0.29, 0.717) is 12.0 Å². The van der Waals surface area contributed by atoms with Crippen molar-refractivity contribution in [3.8, 4) is 11.1 Å². The number of anilines is 1. The van der Waals surface area contributed by atoms with Crippen LogP contribution in [0.1, 0.15) is 25.7 Å². The fraction of sp³-hybridized carbons (Fsp3) is 0.308. The second-order valence-corrected chi connectivity index (χ2v) is 8.40. The topological polar surface area (TPSA) is 37.7 Å². The molecule has 1 heterocycles. The molecular weight excluding hydrogens is 368 g/mol. The number of nitrogens with one attached hydrogen (secondary N) is 2. The van der Waals surface area contributed by atoms with Crippen LogP contribution in [-0.2, 0) is 13.1 Å². The van der Waals surface area contributed by atoms with E-state index in [0.717, 1.165) is 19.5 Å².